The lowest BCUT2D eigenvalue weighted by Gasteiger charge is -2.26. The highest BCUT2D eigenvalue weighted by atomic mass is 79.9. The third-order valence-electron chi connectivity index (χ3n) is 4.58. The number of allylic oxidation sites excluding steroid dienone is 2. The molecule has 0 heterocycles. The van der Waals surface area contributed by atoms with Crippen molar-refractivity contribution in [1.29, 1.82) is 0 Å². The number of benzene rings is 1. The smallest absolute Gasteiger partial charge is 0.0175 e. The van der Waals surface area contributed by atoms with Gasteiger partial charge in [0.05, 0.1) is 0 Å². The summed E-state index contributed by atoms with van der Waals surface area (Å²) in [6.07, 6.45) is 7.84. The number of hydrogen-bond donors (Lipinski definition) is 0. The van der Waals surface area contributed by atoms with Gasteiger partial charge < -0.3 is 0 Å². The van der Waals surface area contributed by atoms with Gasteiger partial charge >= 0.3 is 0 Å². The molecule has 0 radical (unpaired) electrons. The van der Waals surface area contributed by atoms with E-state index in [0.29, 0.717) is 0 Å². The quantitative estimate of drug-likeness (QED) is 0.439. The molecule has 0 nitrogen and oxygen atoms in total. The minimum atomic E-state index is 0.128. The molecular weight excluding hydrogens is 327 g/mol. The van der Waals surface area contributed by atoms with Crippen LogP contribution in [0.3, 0.4) is 0 Å². The molecule has 0 N–H and O–H groups in total. The molecule has 0 spiro atoms. The second kappa shape index (κ2) is 6.75. The molecule has 1 aromatic rings. The number of hydrogen-bond acceptors (Lipinski definition) is 0. The third-order valence-corrected chi connectivity index (χ3v) is 5.64. The fourth-order valence-corrected chi connectivity index (χ4v) is 4.14. The maximum absolute atomic E-state index is 3.51. The highest BCUT2D eigenvalue weighted by Crippen LogP contribution is 2.39. The molecule has 4 atom stereocenters. The summed E-state index contributed by atoms with van der Waals surface area (Å²) in [6, 6.07) is 8.72. The molecule has 110 valence electrons. The predicted octanol–water partition coefficient (Wildman–Crippen LogP) is 6.31. The van der Waals surface area contributed by atoms with Crippen molar-refractivity contribution in [3.63, 3.8) is 0 Å². The molecule has 1 fully saturated rings. The molecule has 0 aromatic heterocycles. The van der Waals surface area contributed by atoms with Gasteiger partial charge in [-0.2, -0.15) is 0 Å². The zero-order valence-electron chi connectivity index (χ0n) is 12.8. The lowest BCUT2D eigenvalue weighted by Crippen LogP contribution is -2.14. The van der Waals surface area contributed by atoms with Gasteiger partial charge in [0.25, 0.3) is 0 Å². The summed E-state index contributed by atoms with van der Waals surface area (Å²) in [5, 5.41) is 0.128. The molecule has 0 bridgehead atoms. The normalized spacial score (nSPS) is 26.6. The van der Waals surface area contributed by atoms with Crippen LogP contribution in [0.1, 0.15) is 52.0 Å². The molecule has 4 unspecified atom stereocenters. The average Bonchev–Trinajstić information content (AvgIpc) is 2.74. The Bertz CT molecular complexity index is 473. The van der Waals surface area contributed by atoms with Gasteiger partial charge in [-0.25, -0.2) is 0 Å². The topological polar surface area (TPSA) is 0 Å². The SMILES string of the molecule is C/C(=C\C1CCCC1C)CC(C)(P)c1ccc(Br)cc1. The Morgan fingerprint density at radius 1 is 1.35 bits per heavy atom. The summed E-state index contributed by atoms with van der Waals surface area (Å²) in [5.41, 5.74) is 2.92. The van der Waals surface area contributed by atoms with Crippen molar-refractivity contribution in [1.82, 2.24) is 0 Å². The van der Waals surface area contributed by atoms with E-state index >= 15 is 0 Å². The van der Waals surface area contributed by atoms with Gasteiger partial charge in [0.2, 0.25) is 0 Å². The average molecular weight is 353 g/mol. The Labute approximate surface area is 134 Å². The van der Waals surface area contributed by atoms with Gasteiger partial charge in [0.15, 0.2) is 0 Å². The van der Waals surface area contributed by atoms with Crippen molar-refractivity contribution in [2.75, 3.05) is 0 Å². The molecule has 0 amide bonds. The second-order valence-corrected chi connectivity index (χ2v) is 8.88. The number of rotatable bonds is 4. The van der Waals surface area contributed by atoms with E-state index in [1.165, 1.54) is 30.4 Å². The van der Waals surface area contributed by atoms with E-state index in [0.717, 1.165) is 22.7 Å². The minimum Gasteiger partial charge on any atom is -0.126 e. The van der Waals surface area contributed by atoms with E-state index in [1.54, 1.807) is 0 Å². The number of halogens is 1. The molecule has 1 aliphatic rings. The Morgan fingerprint density at radius 2 is 2.00 bits per heavy atom. The van der Waals surface area contributed by atoms with Crippen LogP contribution in [-0.2, 0) is 5.16 Å². The Hall–Kier alpha value is -0.130. The summed E-state index contributed by atoms with van der Waals surface area (Å²) >= 11 is 3.51. The summed E-state index contributed by atoms with van der Waals surface area (Å²) in [5.74, 6) is 1.68. The van der Waals surface area contributed by atoms with Crippen LogP contribution in [0.4, 0.5) is 0 Å². The summed E-state index contributed by atoms with van der Waals surface area (Å²) in [6.45, 7) is 7.01. The van der Waals surface area contributed by atoms with Gasteiger partial charge in [-0.3, -0.25) is 0 Å². The summed E-state index contributed by atoms with van der Waals surface area (Å²) < 4.78 is 1.15. The molecule has 1 aromatic carbocycles. The van der Waals surface area contributed by atoms with Crippen molar-refractivity contribution in [2.45, 2.75) is 51.6 Å². The second-order valence-electron chi connectivity index (χ2n) is 6.69. The summed E-state index contributed by atoms with van der Waals surface area (Å²) in [4.78, 5) is 0. The van der Waals surface area contributed by atoms with Crippen LogP contribution in [0.15, 0.2) is 40.4 Å². The van der Waals surface area contributed by atoms with Crippen molar-refractivity contribution < 1.29 is 0 Å². The first kappa shape index (κ1) is 16.2. The van der Waals surface area contributed by atoms with Crippen LogP contribution in [0.2, 0.25) is 0 Å². The predicted molar refractivity (Wildman–Crippen MR) is 96.1 cm³/mol. The standard InChI is InChI=1S/C18H26BrP/c1-13(11-15-6-4-5-14(15)2)12-18(3,20)16-7-9-17(19)10-8-16/h7-11,14-15H,4-6,12,20H2,1-3H3/b13-11+. The molecular formula is C18H26BrP. The zero-order chi connectivity index (χ0) is 14.8. The summed E-state index contributed by atoms with van der Waals surface area (Å²) in [7, 11) is 3.05. The molecule has 2 heteroatoms. The van der Waals surface area contributed by atoms with Crippen molar-refractivity contribution in [3.8, 4) is 0 Å². The fraction of sp³-hybridized carbons (Fsp3) is 0.556. The van der Waals surface area contributed by atoms with E-state index in [1.807, 2.05) is 0 Å². The van der Waals surface area contributed by atoms with Gasteiger partial charge in [0.1, 0.15) is 0 Å². The van der Waals surface area contributed by atoms with E-state index in [2.05, 4.69) is 76.3 Å². The van der Waals surface area contributed by atoms with E-state index in [9.17, 15) is 0 Å². The molecule has 0 aliphatic heterocycles. The molecule has 1 aliphatic carbocycles. The molecule has 2 rings (SSSR count). The van der Waals surface area contributed by atoms with Crippen molar-refractivity contribution in [2.24, 2.45) is 11.8 Å². The first-order valence-electron chi connectivity index (χ1n) is 7.61. The highest BCUT2D eigenvalue weighted by Gasteiger charge is 2.24. The lowest BCUT2D eigenvalue weighted by atomic mass is 9.89. The molecule has 0 saturated heterocycles. The first-order chi connectivity index (χ1) is 9.38. The zero-order valence-corrected chi connectivity index (χ0v) is 15.6. The minimum absolute atomic E-state index is 0.128. The van der Waals surface area contributed by atoms with Gasteiger partial charge in [-0.1, -0.05) is 66.4 Å². The van der Waals surface area contributed by atoms with Crippen LogP contribution in [0, 0.1) is 11.8 Å². The van der Waals surface area contributed by atoms with Crippen molar-refractivity contribution >= 4 is 25.2 Å². The largest absolute Gasteiger partial charge is 0.126 e. The van der Waals surface area contributed by atoms with E-state index in [4.69, 9.17) is 0 Å². The van der Waals surface area contributed by atoms with Crippen LogP contribution in [0.5, 0.6) is 0 Å². The van der Waals surface area contributed by atoms with Crippen LogP contribution >= 0.6 is 25.2 Å². The Balaban J connectivity index is 2.07. The van der Waals surface area contributed by atoms with E-state index < -0.39 is 0 Å². The maximum Gasteiger partial charge on any atom is 0.0175 e. The van der Waals surface area contributed by atoms with Gasteiger partial charge in [-0.15, -0.1) is 9.24 Å². The lowest BCUT2D eigenvalue weighted by molar-refractivity contribution is 0.498. The third kappa shape index (κ3) is 4.18. The van der Waals surface area contributed by atoms with E-state index in [-0.39, 0.29) is 5.16 Å². The molecule has 20 heavy (non-hydrogen) atoms. The Kier molecular flexibility index (Phi) is 5.49. The maximum atomic E-state index is 3.51. The van der Waals surface area contributed by atoms with Gasteiger partial charge in [0, 0.05) is 9.63 Å². The van der Waals surface area contributed by atoms with Gasteiger partial charge in [-0.05, 0) is 49.3 Å². The Morgan fingerprint density at radius 3 is 2.55 bits per heavy atom. The fourth-order valence-electron chi connectivity index (χ4n) is 3.36. The first-order valence-corrected chi connectivity index (χ1v) is 8.98. The van der Waals surface area contributed by atoms with Crippen LogP contribution in [0.25, 0.3) is 0 Å². The van der Waals surface area contributed by atoms with Crippen LogP contribution in [-0.4, -0.2) is 0 Å². The molecule has 1 saturated carbocycles. The highest BCUT2D eigenvalue weighted by molar-refractivity contribution is 9.10. The van der Waals surface area contributed by atoms with Crippen LogP contribution < -0.4 is 0 Å². The monoisotopic (exact) mass is 352 g/mol. The van der Waals surface area contributed by atoms with Crippen molar-refractivity contribution in [3.05, 3.63) is 46.0 Å².